The molecule has 0 aliphatic rings. The monoisotopic (exact) mass is 239 g/mol. The summed E-state index contributed by atoms with van der Waals surface area (Å²) >= 11 is 0. The summed E-state index contributed by atoms with van der Waals surface area (Å²) in [5.41, 5.74) is 1.93. The zero-order valence-electron chi connectivity index (χ0n) is 10.00. The van der Waals surface area contributed by atoms with Crippen LogP contribution in [-0.4, -0.2) is 15.9 Å². The molecule has 2 rings (SSSR count). The summed E-state index contributed by atoms with van der Waals surface area (Å²) in [5, 5.41) is 2.70. The summed E-state index contributed by atoms with van der Waals surface area (Å²) in [7, 11) is 0. The number of carbonyl (C=O) groups excluding carboxylic acids is 1. The molecule has 4 heteroatoms. The molecule has 1 amide bonds. The van der Waals surface area contributed by atoms with E-state index in [1.165, 1.54) is 6.08 Å². The van der Waals surface area contributed by atoms with E-state index >= 15 is 0 Å². The second kappa shape index (κ2) is 5.72. The zero-order valence-corrected chi connectivity index (χ0v) is 10.00. The van der Waals surface area contributed by atoms with Crippen LogP contribution >= 0.6 is 0 Å². The summed E-state index contributed by atoms with van der Waals surface area (Å²) in [6.07, 6.45) is 8.21. The lowest BCUT2D eigenvalue weighted by Gasteiger charge is -2.01. The van der Waals surface area contributed by atoms with Crippen LogP contribution in [0.4, 0.5) is 5.82 Å². The number of anilines is 1. The maximum Gasteiger partial charge on any atom is 0.249 e. The molecule has 0 spiro atoms. The third-order valence-corrected chi connectivity index (χ3v) is 2.28. The van der Waals surface area contributed by atoms with Crippen molar-refractivity contribution in [1.82, 2.24) is 9.97 Å². The van der Waals surface area contributed by atoms with Crippen LogP contribution in [0.1, 0.15) is 11.1 Å². The summed E-state index contributed by atoms with van der Waals surface area (Å²) in [4.78, 5) is 19.7. The van der Waals surface area contributed by atoms with Gasteiger partial charge >= 0.3 is 0 Å². The van der Waals surface area contributed by atoms with Gasteiger partial charge < -0.3 is 5.32 Å². The van der Waals surface area contributed by atoms with Crippen LogP contribution in [0, 0.1) is 6.92 Å². The second-order valence-electron chi connectivity index (χ2n) is 3.83. The van der Waals surface area contributed by atoms with E-state index in [1.54, 1.807) is 24.7 Å². The van der Waals surface area contributed by atoms with Crippen molar-refractivity contribution < 1.29 is 4.79 Å². The Morgan fingerprint density at radius 2 is 2.22 bits per heavy atom. The Kier molecular flexibility index (Phi) is 3.81. The minimum Gasteiger partial charge on any atom is -0.307 e. The van der Waals surface area contributed by atoms with E-state index in [0.29, 0.717) is 5.82 Å². The summed E-state index contributed by atoms with van der Waals surface area (Å²) < 4.78 is 0. The second-order valence-corrected chi connectivity index (χ2v) is 3.83. The van der Waals surface area contributed by atoms with Crippen molar-refractivity contribution >= 4 is 17.8 Å². The lowest BCUT2D eigenvalue weighted by Crippen LogP contribution is -2.09. The Morgan fingerprint density at radius 1 is 1.33 bits per heavy atom. The third-order valence-electron chi connectivity index (χ3n) is 2.28. The van der Waals surface area contributed by atoms with Gasteiger partial charge in [-0.2, -0.15) is 0 Å². The van der Waals surface area contributed by atoms with Gasteiger partial charge in [0.05, 0.1) is 0 Å². The molecule has 0 saturated carbocycles. The van der Waals surface area contributed by atoms with Gasteiger partial charge in [0.1, 0.15) is 5.82 Å². The van der Waals surface area contributed by atoms with Crippen molar-refractivity contribution in [3.05, 3.63) is 60.1 Å². The molecule has 0 bridgehead atoms. The number of hydrogen-bond acceptors (Lipinski definition) is 3. The predicted octanol–water partition coefficient (Wildman–Crippen LogP) is 2.44. The fourth-order valence-corrected chi connectivity index (χ4v) is 1.42. The summed E-state index contributed by atoms with van der Waals surface area (Å²) in [6.45, 7) is 1.95. The summed E-state index contributed by atoms with van der Waals surface area (Å²) in [6, 6.07) is 7.39. The van der Waals surface area contributed by atoms with Gasteiger partial charge in [-0.15, -0.1) is 0 Å². The minimum atomic E-state index is -0.211. The smallest absolute Gasteiger partial charge is 0.249 e. The Balaban J connectivity index is 1.99. The molecule has 0 saturated heterocycles. The molecular weight excluding hydrogens is 226 g/mol. The molecule has 18 heavy (non-hydrogen) atoms. The fraction of sp³-hybridized carbons (Fsp3) is 0.0714. The zero-order chi connectivity index (χ0) is 12.8. The standard InChI is InChI=1S/C14H13N3O/c1-11-6-8-16-13(9-11)17-14(18)5-4-12-3-2-7-15-10-12/h2-10H,1H3,(H,16,17,18)/b5-4+. The van der Waals surface area contributed by atoms with E-state index in [4.69, 9.17) is 0 Å². The Bertz CT molecular complexity index is 564. The molecule has 0 unspecified atom stereocenters. The lowest BCUT2D eigenvalue weighted by molar-refractivity contribution is -0.111. The number of pyridine rings is 2. The molecule has 90 valence electrons. The molecule has 2 aromatic rings. The number of carbonyl (C=O) groups is 1. The average molecular weight is 239 g/mol. The highest BCUT2D eigenvalue weighted by atomic mass is 16.1. The lowest BCUT2D eigenvalue weighted by atomic mass is 10.2. The molecule has 1 N–H and O–H groups in total. The number of amides is 1. The van der Waals surface area contributed by atoms with E-state index in [9.17, 15) is 4.79 Å². The highest BCUT2D eigenvalue weighted by molar-refractivity contribution is 6.01. The fourth-order valence-electron chi connectivity index (χ4n) is 1.42. The quantitative estimate of drug-likeness (QED) is 0.837. The molecule has 0 atom stereocenters. The van der Waals surface area contributed by atoms with Crippen LogP contribution in [0.5, 0.6) is 0 Å². The number of nitrogens with zero attached hydrogens (tertiary/aromatic N) is 2. The highest BCUT2D eigenvalue weighted by Crippen LogP contribution is 2.05. The van der Waals surface area contributed by atoms with Gasteiger partial charge in [0.25, 0.3) is 0 Å². The third kappa shape index (κ3) is 3.52. The molecule has 0 fully saturated rings. The van der Waals surface area contributed by atoms with Gasteiger partial charge in [0.15, 0.2) is 0 Å². The van der Waals surface area contributed by atoms with Crippen LogP contribution in [0.3, 0.4) is 0 Å². The maximum absolute atomic E-state index is 11.6. The summed E-state index contributed by atoms with van der Waals surface area (Å²) in [5.74, 6) is 0.341. The molecule has 0 aliphatic heterocycles. The van der Waals surface area contributed by atoms with Gasteiger partial charge in [-0.05, 0) is 42.3 Å². The van der Waals surface area contributed by atoms with Gasteiger partial charge in [0.2, 0.25) is 5.91 Å². The largest absolute Gasteiger partial charge is 0.307 e. The van der Waals surface area contributed by atoms with Gasteiger partial charge in [0, 0.05) is 24.7 Å². The normalized spacial score (nSPS) is 10.5. The Labute approximate surface area is 105 Å². The number of nitrogens with one attached hydrogen (secondary N) is 1. The van der Waals surface area contributed by atoms with Crippen molar-refractivity contribution in [3.63, 3.8) is 0 Å². The van der Waals surface area contributed by atoms with Crippen molar-refractivity contribution in [1.29, 1.82) is 0 Å². The van der Waals surface area contributed by atoms with Crippen molar-refractivity contribution in [2.75, 3.05) is 5.32 Å². The number of rotatable bonds is 3. The molecule has 2 heterocycles. The van der Waals surface area contributed by atoms with Gasteiger partial charge in [-0.25, -0.2) is 4.98 Å². The molecule has 0 radical (unpaired) electrons. The van der Waals surface area contributed by atoms with Crippen LogP contribution in [0.25, 0.3) is 6.08 Å². The first-order valence-corrected chi connectivity index (χ1v) is 5.56. The van der Waals surface area contributed by atoms with Crippen LogP contribution < -0.4 is 5.32 Å². The molecular formula is C14H13N3O. The van der Waals surface area contributed by atoms with Crippen molar-refractivity contribution in [3.8, 4) is 0 Å². The number of aryl methyl sites for hydroxylation is 1. The molecule has 2 aromatic heterocycles. The number of aromatic nitrogens is 2. The van der Waals surface area contributed by atoms with E-state index in [1.807, 2.05) is 31.2 Å². The van der Waals surface area contributed by atoms with Crippen molar-refractivity contribution in [2.24, 2.45) is 0 Å². The van der Waals surface area contributed by atoms with Crippen molar-refractivity contribution in [2.45, 2.75) is 6.92 Å². The van der Waals surface area contributed by atoms with Gasteiger partial charge in [-0.3, -0.25) is 9.78 Å². The van der Waals surface area contributed by atoms with Crippen LogP contribution in [-0.2, 0) is 4.79 Å². The first kappa shape index (κ1) is 12.0. The first-order chi connectivity index (χ1) is 8.74. The first-order valence-electron chi connectivity index (χ1n) is 5.56. The van der Waals surface area contributed by atoms with Gasteiger partial charge in [-0.1, -0.05) is 6.07 Å². The molecule has 0 aromatic carbocycles. The van der Waals surface area contributed by atoms with E-state index in [-0.39, 0.29) is 5.91 Å². The minimum absolute atomic E-state index is 0.211. The molecule has 0 aliphatic carbocycles. The highest BCUT2D eigenvalue weighted by Gasteiger charge is 1.98. The Morgan fingerprint density at radius 3 is 2.94 bits per heavy atom. The Hall–Kier alpha value is -2.49. The number of hydrogen-bond donors (Lipinski definition) is 1. The SMILES string of the molecule is Cc1ccnc(NC(=O)/C=C/c2cccnc2)c1. The maximum atomic E-state index is 11.6. The van der Waals surface area contributed by atoms with E-state index < -0.39 is 0 Å². The average Bonchev–Trinajstić information content (AvgIpc) is 2.38. The predicted molar refractivity (Wildman–Crippen MR) is 70.9 cm³/mol. The van der Waals surface area contributed by atoms with E-state index in [0.717, 1.165) is 11.1 Å². The van der Waals surface area contributed by atoms with Crippen LogP contribution in [0.2, 0.25) is 0 Å². The van der Waals surface area contributed by atoms with Crippen LogP contribution in [0.15, 0.2) is 48.9 Å². The topological polar surface area (TPSA) is 54.9 Å². The molecule has 4 nitrogen and oxygen atoms in total. The van der Waals surface area contributed by atoms with E-state index in [2.05, 4.69) is 15.3 Å².